The maximum atomic E-state index is 18.0. The van der Waals surface area contributed by atoms with Crippen molar-refractivity contribution < 1.29 is 18.6 Å². The minimum Gasteiger partial charge on any atom is -0.369 e. The summed E-state index contributed by atoms with van der Waals surface area (Å²) in [5, 5.41) is 0. The zero-order valence-corrected chi connectivity index (χ0v) is 32.2. The van der Waals surface area contributed by atoms with E-state index < -0.39 is 35.8 Å². The van der Waals surface area contributed by atoms with Crippen molar-refractivity contribution in [1.82, 2.24) is 19.5 Å². The number of H-pyrrole nitrogens is 1. The number of anilines is 1. The summed E-state index contributed by atoms with van der Waals surface area (Å²) in [6.45, 7) is -0.0724. The van der Waals surface area contributed by atoms with E-state index in [9.17, 15) is 0 Å². The summed E-state index contributed by atoms with van der Waals surface area (Å²) in [4.78, 5) is 11.8. The van der Waals surface area contributed by atoms with Crippen molar-refractivity contribution in [3.63, 3.8) is 0 Å². The van der Waals surface area contributed by atoms with Gasteiger partial charge in [-0.15, -0.1) is 0 Å². The minimum atomic E-state index is -1.75. The molecule has 58 heavy (non-hydrogen) atoms. The van der Waals surface area contributed by atoms with Crippen LogP contribution in [0.3, 0.4) is 0 Å². The molecule has 1 fully saturated rings. The molecule has 3 heterocycles. The first-order valence-corrected chi connectivity index (χ1v) is 19.6. The molecule has 0 aliphatic carbocycles. The maximum absolute atomic E-state index is 18.0. The molecule has 3 N–H and O–H groups in total. The van der Waals surface area contributed by atoms with E-state index in [4.69, 9.17) is 32.2 Å². The van der Waals surface area contributed by atoms with Gasteiger partial charge in [-0.05, 0) is 33.4 Å². The van der Waals surface area contributed by atoms with Gasteiger partial charge in [0.25, 0.3) is 0 Å². The van der Waals surface area contributed by atoms with E-state index in [-0.39, 0.29) is 17.2 Å². The van der Waals surface area contributed by atoms with Gasteiger partial charge >= 0.3 is 0 Å². The van der Waals surface area contributed by atoms with Crippen LogP contribution in [-0.4, -0.2) is 44.5 Å². The van der Waals surface area contributed by atoms with Crippen LogP contribution in [0.15, 0.2) is 188 Å². The SMILES string of the molecule is Nc1nc2c(ncn2[C@@H]2O[C@H](COC(c3ccccc3)(c3ccccc3)c3ccccc3)[C@@H](OC(c3ccccc3)(c3ccccc3)c3ccccc3)[C@@H]2F)c(=S)[nH]1. The third kappa shape index (κ3) is 6.59. The molecule has 0 saturated carbocycles. The molecular weight excluding hydrogens is 746 g/mol. The fourth-order valence-corrected chi connectivity index (χ4v) is 8.47. The van der Waals surface area contributed by atoms with Gasteiger partial charge < -0.3 is 24.9 Å². The minimum absolute atomic E-state index is 0.0724. The number of aromatic amines is 1. The number of aromatic nitrogens is 4. The quantitative estimate of drug-likeness (QED) is 0.0940. The van der Waals surface area contributed by atoms with E-state index in [1.165, 1.54) is 6.33 Å². The molecule has 9 rings (SSSR count). The molecule has 0 spiro atoms. The summed E-state index contributed by atoms with van der Waals surface area (Å²) in [6, 6.07) is 59.9. The highest BCUT2D eigenvalue weighted by molar-refractivity contribution is 7.71. The molecule has 6 aromatic carbocycles. The lowest BCUT2D eigenvalue weighted by atomic mass is 9.79. The molecule has 1 aliphatic heterocycles. The van der Waals surface area contributed by atoms with Gasteiger partial charge in [0.2, 0.25) is 5.95 Å². The summed E-state index contributed by atoms with van der Waals surface area (Å²) in [5.41, 5.74) is 9.58. The number of nitrogens with zero attached hydrogens (tertiary/aromatic N) is 3. The Morgan fingerprint density at radius 2 is 1.03 bits per heavy atom. The first kappa shape index (κ1) is 37.3. The Bertz CT molecular complexity index is 2460. The summed E-state index contributed by atoms with van der Waals surface area (Å²) in [5.74, 6) is 0.0787. The highest BCUT2D eigenvalue weighted by atomic mass is 32.1. The van der Waals surface area contributed by atoms with Crippen molar-refractivity contribution in [3.05, 3.63) is 226 Å². The van der Waals surface area contributed by atoms with Crippen LogP contribution in [0.5, 0.6) is 0 Å². The number of fused-ring (bicyclic) bond motifs is 1. The van der Waals surface area contributed by atoms with Crippen LogP contribution >= 0.6 is 12.2 Å². The predicted molar refractivity (Wildman–Crippen MR) is 225 cm³/mol. The van der Waals surface area contributed by atoms with Crippen LogP contribution in [0, 0.1) is 4.64 Å². The monoisotopic (exact) mass is 785 g/mol. The van der Waals surface area contributed by atoms with Crippen molar-refractivity contribution in [2.45, 2.75) is 35.8 Å². The molecule has 0 bridgehead atoms. The lowest BCUT2D eigenvalue weighted by Crippen LogP contribution is -2.45. The zero-order valence-electron chi connectivity index (χ0n) is 31.3. The van der Waals surface area contributed by atoms with Gasteiger partial charge in [0.05, 0.1) is 12.9 Å². The van der Waals surface area contributed by atoms with Crippen molar-refractivity contribution in [3.8, 4) is 0 Å². The average molecular weight is 786 g/mol. The molecule has 288 valence electrons. The van der Waals surface area contributed by atoms with Gasteiger partial charge in [0, 0.05) is 0 Å². The Kier molecular flexibility index (Phi) is 10.2. The topological polar surface area (TPSA) is 100 Å². The number of ether oxygens (including phenoxy) is 3. The van der Waals surface area contributed by atoms with Gasteiger partial charge in [-0.3, -0.25) is 4.57 Å². The van der Waals surface area contributed by atoms with Crippen molar-refractivity contribution >= 4 is 29.3 Å². The zero-order chi connectivity index (χ0) is 39.5. The summed E-state index contributed by atoms with van der Waals surface area (Å²) in [6.07, 6.45) is -3.65. The molecule has 0 amide bonds. The summed E-state index contributed by atoms with van der Waals surface area (Å²) in [7, 11) is 0. The number of rotatable bonds is 12. The largest absolute Gasteiger partial charge is 0.369 e. The number of nitrogen functional groups attached to an aromatic ring is 1. The number of imidazole rings is 1. The fraction of sp³-hybridized carbons (Fsp3) is 0.146. The van der Waals surface area contributed by atoms with Crippen LogP contribution in [0.1, 0.15) is 39.6 Å². The Hall–Kier alpha value is -6.30. The Labute approximate surface area is 340 Å². The van der Waals surface area contributed by atoms with Gasteiger partial charge in [-0.1, -0.05) is 194 Å². The molecule has 1 saturated heterocycles. The second-order valence-corrected chi connectivity index (χ2v) is 14.6. The molecule has 1 aliphatic rings. The van der Waals surface area contributed by atoms with Crippen LogP contribution in [0.2, 0.25) is 0 Å². The lowest BCUT2D eigenvalue weighted by molar-refractivity contribution is -0.128. The molecule has 8 nitrogen and oxygen atoms in total. The highest BCUT2D eigenvalue weighted by Gasteiger charge is 2.53. The maximum Gasteiger partial charge on any atom is 0.200 e. The van der Waals surface area contributed by atoms with Gasteiger partial charge in [0.1, 0.15) is 33.6 Å². The molecular formula is C48H40FN5O3S. The van der Waals surface area contributed by atoms with Gasteiger partial charge in [0.15, 0.2) is 18.0 Å². The van der Waals surface area contributed by atoms with E-state index in [1.807, 2.05) is 182 Å². The van der Waals surface area contributed by atoms with Crippen LogP contribution in [0.25, 0.3) is 11.2 Å². The Morgan fingerprint density at radius 1 is 0.638 bits per heavy atom. The normalized spacial score (nSPS) is 18.4. The fourth-order valence-electron chi connectivity index (χ4n) is 8.22. The van der Waals surface area contributed by atoms with Crippen LogP contribution < -0.4 is 5.73 Å². The van der Waals surface area contributed by atoms with E-state index in [0.29, 0.717) is 11.2 Å². The number of benzene rings is 6. The smallest absolute Gasteiger partial charge is 0.200 e. The second kappa shape index (κ2) is 15.9. The molecule has 2 aromatic heterocycles. The molecule has 0 unspecified atom stereocenters. The molecule has 0 radical (unpaired) electrons. The molecule has 10 heteroatoms. The number of hydrogen-bond donors (Lipinski definition) is 2. The Balaban J connectivity index is 1.22. The predicted octanol–water partition coefficient (Wildman–Crippen LogP) is 9.69. The third-order valence-corrected chi connectivity index (χ3v) is 11.1. The Morgan fingerprint density at radius 3 is 1.45 bits per heavy atom. The highest BCUT2D eigenvalue weighted by Crippen LogP contribution is 2.47. The van der Waals surface area contributed by atoms with E-state index in [0.717, 1.165) is 33.4 Å². The average Bonchev–Trinajstić information content (AvgIpc) is 3.84. The lowest BCUT2D eigenvalue weighted by Gasteiger charge is -2.40. The first-order valence-electron chi connectivity index (χ1n) is 19.2. The number of nitrogens with one attached hydrogen (secondary N) is 1. The van der Waals surface area contributed by atoms with Crippen molar-refractivity contribution in [2.24, 2.45) is 0 Å². The first-order chi connectivity index (χ1) is 28.5. The standard InChI is InChI=1S/C48H40FN5O3S/c49-40-42(57-48(36-25-13-4-14-26-36,37-27-15-5-16-28-37)38-29-17-6-18-30-38)39(56-45(40)54-32-51-41-43(54)52-46(50)53-44(41)58)31-55-47(33-19-7-1-8-20-33,34-21-9-2-10-22-34)35-23-11-3-12-24-35/h1-30,32,39-40,42,45H,31H2,(H3,50,52,53,58)/t39-,40+,42-,45-/m1/s1. The number of nitrogens with two attached hydrogens (primary N) is 1. The summed E-state index contributed by atoms with van der Waals surface area (Å²) < 4.78 is 41.5. The van der Waals surface area contributed by atoms with Crippen molar-refractivity contribution in [2.75, 3.05) is 12.3 Å². The summed E-state index contributed by atoms with van der Waals surface area (Å²) >= 11 is 5.53. The second-order valence-electron chi connectivity index (χ2n) is 14.2. The van der Waals surface area contributed by atoms with E-state index in [2.05, 4.69) is 15.0 Å². The molecule has 4 atom stereocenters. The van der Waals surface area contributed by atoms with E-state index in [1.54, 1.807) is 4.57 Å². The number of hydrogen-bond acceptors (Lipinski definition) is 7. The van der Waals surface area contributed by atoms with E-state index >= 15 is 4.39 Å². The third-order valence-electron chi connectivity index (χ3n) is 10.9. The van der Waals surface area contributed by atoms with Crippen molar-refractivity contribution in [1.29, 1.82) is 0 Å². The van der Waals surface area contributed by atoms with Crippen LogP contribution in [-0.2, 0) is 25.4 Å². The van der Waals surface area contributed by atoms with Gasteiger partial charge in [-0.25, -0.2) is 9.37 Å². The molecule has 8 aromatic rings. The van der Waals surface area contributed by atoms with Crippen LogP contribution in [0.4, 0.5) is 10.3 Å². The van der Waals surface area contributed by atoms with Gasteiger partial charge in [-0.2, -0.15) is 4.98 Å². The number of halogens is 1. The number of alkyl halides is 1.